The monoisotopic (exact) mass is 973 g/mol. The molecule has 0 aromatic heterocycles. The first-order valence-corrected chi connectivity index (χ1v) is 29.2. The Kier molecular flexibility index (Phi) is 54.9. The van der Waals surface area contributed by atoms with Gasteiger partial charge in [0.25, 0.3) is 0 Å². The standard InChI is InChI=1S/C64H108O6/c1-4-7-10-13-15-17-19-21-23-25-27-28-29-30-31-32-33-34-35-36-37-39-40-42-44-46-48-51-54-57-63(66)69-60-61(59-68-62(65)56-53-50-12-9-6-3)70-64(67)58-55-52-49-47-45-43-41-38-26-24-22-20-18-16-14-11-8-5-2/h7,10,15,17-18,20-21,23-24,26-28,30-31,33-34,61H,4-6,8-9,11-14,16,19,22,25,29,32,35-60H2,1-3H3/b10-7-,17-15-,20-18-,23-21-,26-24-,28-27-,31-30-,34-33-. The van der Waals surface area contributed by atoms with E-state index in [1.165, 1.54) is 116 Å². The molecule has 0 aromatic carbocycles. The lowest BCUT2D eigenvalue weighted by Gasteiger charge is -2.18. The molecular weight excluding hydrogens is 865 g/mol. The van der Waals surface area contributed by atoms with Crippen molar-refractivity contribution in [1.29, 1.82) is 0 Å². The van der Waals surface area contributed by atoms with E-state index in [-0.39, 0.29) is 31.1 Å². The predicted molar refractivity (Wildman–Crippen MR) is 302 cm³/mol. The van der Waals surface area contributed by atoms with Gasteiger partial charge >= 0.3 is 17.9 Å². The van der Waals surface area contributed by atoms with Crippen molar-refractivity contribution >= 4 is 17.9 Å². The molecule has 1 unspecified atom stereocenters. The minimum absolute atomic E-state index is 0.0820. The maximum atomic E-state index is 12.8. The van der Waals surface area contributed by atoms with Crippen LogP contribution in [0.15, 0.2) is 97.2 Å². The third-order valence-electron chi connectivity index (χ3n) is 12.3. The van der Waals surface area contributed by atoms with Crippen LogP contribution in [-0.2, 0) is 28.6 Å². The molecule has 0 amide bonds. The summed E-state index contributed by atoms with van der Waals surface area (Å²) in [6, 6.07) is 0. The van der Waals surface area contributed by atoms with Crippen molar-refractivity contribution in [1.82, 2.24) is 0 Å². The van der Waals surface area contributed by atoms with Gasteiger partial charge in [-0.05, 0) is 103 Å². The van der Waals surface area contributed by atoms with Crippen LogP contribution in [0.3, 0.4) is 0 Å². The van der Waals surface area contributed by atoms with Gasteiger partial charge in [0.1, 0.15) is 13.2 Å². The largest absolute Gasteiger partial charge is 0.462 e. The highest BCUT2D eigenvalue weighted by Gasteiger charge is 2.19. The number of ether oxygens (including phenoxy) is 3. The molecule has 0 aliphatic heterocycles. The smallest absolute Gasteiger partial charge is 0.306 e. The van der Waals surface area contributed by atoms with Crippen LogP contribution >= 0.6 is 0 Å². The molecule has 6 nitrogen and oxygen atoms in total. The normalized spacial score (nSPS) is 12.8. The molecule has 0 radical (unpaired) electrons. The molecule has 0 saturated heterocycles. The Morgan fingerprint density at radius 1 is 0.300 bits per heavy atom. The van der Waals surface area contributed by atoms with E-state index in [2.05, 4.69) is 118 Å². The van der Waals surface area contributed by atoms with E-state index in [0.29, 0.717) is 19.3 Å². The average molecular weight is 974 g/mol. The van der Waals surface area contributed by atoms with E-state index in [4.69, 9.17) is 14.2 Å². The van der Waals surface area contributed by atoms with Gasteiger partial charge in [-0.15, -0.1) is 0 Å². The Balaban J connectivity index is 4.09. The number of esters is 3. The van der Waals surface area contributed by atoms with Crippen LogP contribution in [0, 0.1) is 0 Å². The number of rotatable bonds is 52. The third-order valence-corrected chi connectivity index (χ3v) is 12.3. The van der Waals surface area contributed by atoms with Gasteiger partial charge in [-0.25, -0.2) is 0 Å². The van der Waals surface area contributed by atoms with Crippen LogP contribution in [0.25, 0.3) is 0 Å². The summed E-state index contributed by atoms with van der Waals surface area (Å²) in [4.78, 5) is 37.8. The lowest BCUT2D eigenvalue weighted by Crippen LogP contribution is -2.30. The van der Waals surface area contributed by atoms with Crippen molar-refractivity contribution < 1.29 is 28.6 Å². The van der Waals surface area contributed by atoms with Crippen molar-refractivity contribution in [2.24, 2.45) is 0 Å². The molecule has 0 N–H and O–H groups in total. The van der Waals surface area contributed by atoms with Gasteiger partial charge in [-0.3, -0.25) is 14.4 Å². The van der Waals surface area contributed by atoms with Gasteiger partial charge in [-0.1, -0.05) is 246 Å². The molecule has 0 heterocycles. The summed E-state index contributed by atoms with van der Waals surface area (Å²) >= 11 is 0. The number of allylic oxidation sites excluding steroid dienone is 16. The fraction of sp³-hybridized carbons (Fsp3) is 0.703. The second-order valence-corrected chi connectivity index (χ2v) is 19.2. The predicted octanol–water partition coefficient (Wildman–Crippen LogP) is 19.7. The maximum absolute atomic E-state index is 12.8. The van der Waals surface area contributed by atoms with Crippen LogP contribution in [0.2, 0.25) is 0 Å². The molecule has 0 aliphatic rings. The maximum Gasteiger partial charge on any atom is 0.306 e. The lowest BCUT2D eigenvalue weighted by atomic mass is 10.1. The van der Waals surface area contributed by atoms with Gasteiger partial charge in [0, 0.05) is 19.3 Å². The van der Waals surface area contributed by atoms with Gasteiger partial charge < -0.3 is 14.2 Å². The molecule has 400 valence electrons. The van der Waals surface area contributed by atoms with Crippen LogP contribution < -0.4 is 0 Å². The first-order chi connectivity index (χ1) is 34.5. The van der Waals surface area contributed by atoms with Gasteiger partial charge in [0.2, 0.25) is 0 Å². The summed E-state index contributed by atoms with van der Waals surface area (Å²) in [6.07, 6.45) is 77.3. The second-order valence-electron chi connectivity index (χ2n) is 19.2. The molecule has 0 saturated carbocycles. The van der Waals surface area contributed by atoms with Crippen molar-refractivity contribution in [3.05, 3.63) is 97.2 Å². The molecule has 6 heteroatoms. The van der Waals surface area contributed by atoms with Crippen LogP contribution in [0.1, 0.15) is 271 Å². The fourth-order valence-electron chi connectivity index (χ4n) is 7.95. The summed E-state index contributed by atoms with van der Waals surface area (Å²) in [5.41, 5.74) is 0. The summed E-state index contributed by atoms with van der Waals surface area (Å²) in [5.74, 6) is -0.905. The topological polar surface area (TPSA) is 78.9 Å². The van der Waals surface area contributed by atoms with E-state index in [1.54, 1.807) is 0 Å². The van der Waals surface area contributed by atoms with Crippen molar-refractivity contribution in [2.45, 2.75) is 277 Å². The molecule has 1 atom stereocenters. The summed E-state index contributed by atoms with van der Waals surface area (Å²) in [5, 5.41) is 0. The van der Waals surface area contributed by atoms with Crippen molar-refractivity contribution in [3.8, 4) is 0 Å². The fourth-order valence-corrected chi connectivity index (χ4v) is 7.95. The van der Waals surface area contributed by atoms with E-state index >= 15 is 0 Å². The zero-order valence-electron chi connectivity index (χ0n) is 45.8. The first kappa shape index (κ1) is 66.3. The Hall–Kier alpha value is -3.67. The first-order valence-electron chi connectivity index (χ1n) is 29.2. The second kappa shape index (κ2) is 57.9. The molecule has 0 aliphatic carbocycles. The van der Waals surface area contributed by atoms with E-state index in [9.17, 15) is 14.4 Å². The Morgan fingerprint density at radius 2 is 0.557 bits per heavy atom. The quantitative estimate of drug-likeness (QED) is 0.0262. The average Bonchev–Trinajstić information content (AvgIpc) is 3.36. The molecule has 70 heavy (non-hydrogen) atoms. The Labute approximate surface area is 432 Å². The van der Waals surface area contributed by atoms with Gasteiger partial charge in [0.15, 0.2) is 6.10 Å². The van der Waals surface area contributed by atoms with Gasteiger partial charge in [-0.2, -0.15) is 0 Å². The third kappa shape index (κ3) is 55.3. The SMILES string of the molecule is CC/C=C\C/C=C\C/C=C\C/C=C\C/C=C\C/C=C\CCCCCCCCCCCCC(=O)OCC(COC(=O)CCCCCCC)OC(=O)CCCCCCCCC/C=C\C/C=C\CCCCCC. The molecule has 0 bridgehead atoms. The van der Waals surface area contributed by atoms with Crippen molar-refractivity contribution in [3.63, 3.8) is 0 Å². The summed E-state index contributed by atoms with van der Waals surface area (Å²) < 4.78 is 16.7. The zero-order chi connectivity index (χ0) is 50.7. The molecule has 0 rings (SSSR count). The molecule has 0 spiro atoms. The zero-order valence-corrected chi connectivity index (χ0v) is 45.8. The highest BCUT2D eigenvalue weighted by molar-refractivity contribution is 5.71. The number of unbranched alkanes of at least 4 members (excludes halogenated alkanes) is 25. The number of hydrogen-bond donors (Lipinski definition) is 0. The summed E-state index contributed by atoms with van der Waals surface area (Å²) in [7, 11) is 0. The minimum Gasteiger partial charge on any atom is -0.462 e. The summed E-state index contributed by atoms with van der Waals surface area (Å²) in [6.45, 7) is 6.42. The lowest BCUT2D eigenvalue weighted by molar-refractivity contribution is -0.167. The van der Waals surface area contributed by atoms with Gasteiger partial charge in [0.05, 0.1) is 0 Å². The highest BCUT2D eigenvalue weighted by Crippen LogP contribution is 2.15. The highest BCUT2D eigenvalue weighted by atomic mass is 16.6. The number of carbonyl (C=O) groups is 3. The Morgan fingerprint density at radius 3 is 0.886 bits per heavy atom. The van der Waals surface area contributed by atoms with Crippen molar-refractivity contribution in [2.75, 3.05) is 13.2 Å². The minimum atomic E-state index is -0.780. The molecular formula is C64H108O6. The van der Waals surface area contributed by atoms with Crippen LogP contribution in [-0.4, -0.2) is 37.2 Å². The van der Waals surface area contributed by atoms with E-state index in [0.717, 1.165) is 116 Å². The van der Waals surface area contributed by atoms with Crippen LogP contribution in [0.5, 0.6) is 0 Å². The Bertz CT molecular complexity index is 1400. The van der Waals surface area contributed by atoms with E-state index in [1.807, 2.05) is 0 Å². The van der Waals surface area contributed by atoms with Crippen LogP contribution in [0.4, 0.5) is 0 Å². The number of carbonyl (C=O) groups excluding carboxylic acids is 3. The molecule has 0 fully saturated rings. The number of hydrogen-bond acceptors (Lipinski definition) is 6. The molecule has 0 aromatic rings. The van der Waals surface area contributed by atoms with E-state index < -0.39 is 6.10 Å².